The van der Waals surface area contributed by atoms with E-state index in [2.05, 4.69) is 23.7 Å². The summed E-state index contributed by atoms with van der Waals surface area (Å²) in [5.74, 6) is 0.447. The van der Waals surface area contributed by atoms with E-state index in [0.717, 1.165) is 6.54 Å². The Balaban J connectivity index is 2.68. The molecule has 1 unspecified atom stereocenters. The molecule has 0 amide bonds. The Kier molecular flexibility index (Phi) is 2.84. The van der Waals surface area contributed by atoms with Crippen LogP contribution in [0.4, 0.5) is 0 Å². The Morgan fingerprint density at radius 1 is 1.73 bits per heavy atom. The quantitative estimate of drug-likeness (QED) is 0.532. The number of aliphatic imine (C=N–C) groups is 1. The third-order valence-electron chi connectivity index (χ3n) is 1.83. The van der Waals surface area contributed by atoms with Crippen molar-refractivity contribution in [3.8, 4) is 0 Å². The Labute approximate surface area is 67.8 Å². The van der Waals surface area contributed by atoms with Gasteiger partial charge >= 0.3 is 0 Å². The first-order valence-corrected chi connectivity index (χ1v) is 3.83. The fourth-order valence-corrected chi connectivity index (χ4v) is 1.18. The van der Waals surface area contributed by atoms with E-state index >= 15 is 0 Å². The van der Waals surface area contributed by atoms with Crippen LogP contribution in [0.25, 0.3) is 0 Å². The number of rotatable bonds is 2. The van der Waals surface area contributed by atoms with Crippen LogP contribution in [-0.4, -0.2) is 12.8 Å². The van der Waals surface area contributed by atoms with E-state index in [4.69, 9.17) is 0 Å². The maximum atomic E-state index is 4.17. The predicted octanol–water partition coefficient (Wildman–Crippen LogP) is 2.38. The average molecular weight is 147 g/mol. The van der Waals surface area contributed by atoms with E-state index in [1.165, 1.54) is 5.57 Å². The molecule has 0 fully saturated rings. The Morgan fingerprint density at radius 3 is 3.00 bits per heavy atom. The summed E-state index contributed by atoms with van der Waals surface area (Å²) in [5, 5.41) is 0. The van der Waals surface area contributed by atoms with Gasteiger partial charge in [0.05, 0.1) is 0 Å². The van der Waals surface area contributed by atoms with Crippen LogP contribution in [0.15, 0.2) is 41.4 Å². The molecule has 1 rings (SSSR count). The molecule has 0 radical (unpaired) electrons. The van der Waals surface area contributed by atoms with Crippen molar-refractivity contribution >= 4 is 6.21 Å². The molecular weight excluding hydrogens is 134 g/mol. The summed E-state index contributed by atoms with van der Waals surface area (Å²) in [7, 11) is 0. The molecule has 11 heavy (non-hydrogen) atoms. The van der Waals surface area contributed by atoms with Crippen molar-refractivity contribution in [3.05, 3.63) is 36.5 Å². The Hall–Kier alpha value is -1.11. The maximum absolute atomic E-state index is 4.17. The first-order chi connectivity index (χ1) is 5.38. The molecule has 0 aromatic heterocycles. The Bertz CT molecular complexity index is 221. The zero-order valence-electron chi connectivity index (χ0n) is 6.83. The first-order valence-electron chi connectivity index (χ1n) is 3.83. The van der Waals surface area contributed by atoms with Gasteiger partial charge in [-0.2, -0.15) is 0 Å². The molecule has 0 saturated carbocycles. The van der Waals surface area contributed by atoms with Crippen molar-refractivity contribution in [2.24, 2.45) is 10.9 Å². The second-order valence-corrected chi connectivity index (χ2v) is 2.50. The third kappa shape index (κ3) is 1.90. The standard InChI is InChI=1S/C10H13N/c1-3-9(4-2)10-6-5-7-11-8-10/h3-7,10H,1,8H2,2H3/b9-4+. The first kappa shape index (κ1) is 7.99. The van der Waals surface area contributed by atoms with Crippen LogP contribution in [-0.2, 0) is 0 Å². The smallest absolute Gasteiger partial charge is 0.0492 e. The largest absolute Gasteiger partial charge is 0.292 e. The van der Waals surface area contributed by atoms with E-state index in [1.807, 2.05) is 25.3 Å². The number of dihydropyridines is 1. The summed E-state index contributed by atoms with van der Waals surface area (Å²) < 4.78 is 0. The topological polar surface area (TPSA) is 12.4 Å². The summed E-state index contributed by atoms with van der Waals surface area (Å²) in [5.41, 5.74) is 1.26. The van der Waals surface area contributed by atoms with Gasteiger partial charge in [-0.3, -0.25) is 4.99 Å². The third-order valence-corrected chi connectivity index (χ3v) is 1.83. The SMILES string of the molecule is C=C/C(=C\C)C1C=CC=NC1. The van der Waals surface area contributed by atoms with Gasteiger partial charge in [-0.05, 0) is 18.6 Å². The number of nitrogens with zero attached hydrogens (tertiary/aromatic N) is 1. The summed E-state index contributed by atoms with van der Waals surface area (Å²) in [6, 6.07) is 0. The fourth-order valence-electron chi connectivity index (χ4n) is 1.18. The number of hydrogen-bond acceptors (Lipinski definition) is 1. The minimum absolute atomic E-state index is 0.447. The van der Waals surface area contributed by atoms with Gasteiger partial charge in [0, 0.05) is 18.7 Å². The fraction of sp³-hybridized carbons (Fsp3) is 0.300. The summed E-state index contributed by atoms with van der Waals surface area (Å²) in [4.78, 5) is 4.17. The van der Waals surface area contributed by atoms with Crippen molar-refractivity contribution in [1.82, 2.24) is 0 Å². The lowest BCUT2D eigenvalue weighted by atomic mass is 9.97. The van der Waals surface area contributed by atoms with Crippen LogP contribution in [0.1, 0.15) is 6.92 Å². The van der Waals surface area contributed by atoms with Crippen LogP contribution >= 0.6 is 0 Å². The van der Waals surface area contributed by atoms with E-state index in [-0.39, 0.29) is 0 Å². The highest BCUT2D eigenvalue weighted by molar-refractivity contribution is 5.72. The van der Waals surface area contributed by atoms with Crippen molar-refractivity contribution in [1.29, 1.82) is 0 Å². The Morgan fingerprint density at radius 2 is 2.55 bits per heavy atom. The molecule has 1 aliphatic rings. The van der Waals surface area contributed by atoms with Gasteiger partial charge in [-0.25, -0.2) is 0 Å². The molecule has 1 heterocycles. The molecular formula is C10H13N. The zero-order chi connectivity index (χ0) is 8.10. The van der Waals surface area contributed by atoms with Crippen LogP contribution < -0.4 is 0 Å². The zero-order valence-corrected chi connectivity index (χ0v) is 6.83. The van der Waals surface area contributed by atoms with E-state index < -0.39 is 0 Å². The molecule has 1 heteroatoms. The van der Waals surface area contributed by atoms with Crippen LogP contribution in [0, 0.1) is 5.92 Å². The van der Waals surface area contributed by atoms with E-state index in [9.17, 15) is 0 Å². The molecule has 58 valence electrons. The lowest BCUT2D eigenvalue weighted by Crippen LogP contribution is -2.06. The van der Waals surface area contributed by atoms with Crippen molar-refractivity contribution in [3.63, 3.8) is 0 Å². The van der Waals surface area contributed by atoms with Crippen molar-refractivity contribution in [2.75, 3.05) is 6.54 Å². The van der Waals surface area contributed by atoms with E-state index in [0.29, 0.717) is 5.92 Å². The normalized spacial score (nSPS) is 23.7. The van der Waals surface area contributed by atoms with Gasteiger partial charge in [0.1, 0.15) is 0 Å². The van der Waals surface area contributed by atoms with Crippen LogP contribution in [0.5, 0.6) is 0 Å². The molecule has 1 atom stereocenters. The second-order valence-electron chi connectivity index (χ2n) is 2.50. The molecule has 1 aliphatic heterocycles. The van der Waals surface area contributed by atoms with Gasteiger partial charge in [0.15, 0.2) is 0 Å². The predicted molar refractivity (Wildman–Crippen MR) is 49.9 cm³/mol. The molecule has 0 aromatic rings. The highest BCUT2D eigenvalue weighted by Gasteiger charge is 2.07. The van der Waals surface area contributed by atoms with Crippen molar-refractivity contribution in [2.45, 2.75) is 6.92 Å². The molecule has 0 aromatic carbocycles. The highest BCUT2D eigenvalue weighted by atomic mass is 14.7. The van der Waals surface area contributed by atoms with Gasteiger partial charge in [-0.1, -0.05) is 24.8 Å². The number of hydrogen-bond donors (Lipinski definition) is 0. The lowest BCUT2D eigenvalue weighted by molar-refractivity contribution is 0.783. The minimum atomic E-state index is 0.447. The molecule has 0 N–H and O–H groups in total. The molecule has 1 nitrogen and oxygen atoms in total. The maximum Gasteiger partial charge on any atom is 0.0492 e. The molecule has 0 saturated heterocycles. The molecule has 0 aliphatic carbocycles. The van der Waals surface area contributed by atoms with Gasteiger partial charge in [0.25, 0.3) is 0 Å². The van der Waals surface area contributed by atoms with Gasteiger partial charge in [0.2, 0.25) is 0 Å². The van der Waals surface area contributed by atoms with Crippen LogP contribution in [0.2, 0.25) is 0 Å². The van der Waals surface area contributed by atoms with E-state index in [1.54, 1.807) is 0 Å². The summed E-state index contributed by atoms with van der Waals surface area (Å²) >= 11 is 0. The monoisotopic (exact) mass is 147 g/mol. The second kappa shape index (κ2) is 3.91. The van der Waals surface area contributed by atoms with Gasteiger partial charge in [-0.15, -0.1) is 0 Å². The number of allylic oxidation sites excluding steroid dienone is 3. The average Bonchev–Trinajstić information content (AvgIpc) is 2.09. The van der Waals surface area contributed by atoms with Gasteiger partial charge < -0.3 is 0 Å². The summed E-state index contributed by atoms with van der Waals surface area (Å²) in [6.07, 6.45) is 9.97. The summed E-state index contributed by atoms with van der Waals surface area (Å²) in [6.45, 7) is 6.65. The highest BCUT2D eigenvalue weighted by Crippen LogP contribution is 2.15. The van der Waals surface area contributed by atoms with Crippen molar-refractivity contribution < 1.29 is 0 Å². The molecule has 0 spiro atoms. The minimum Gasteiger partial charge on any atom is -0.292 e. The van der Waals surface area contributed by atoms with Crippen LogP contribution in [0.3, 0.4) is 0 Å². The lowest BCUT2D eigenvalue weighted by Gasteiger charge is -2.12. The molecule has 0 bridgehead atoms.